The first-order valence-electron chi connectivity index (χ1n) is 11.5. The Hall–Kier alpha value is -3.90. The van der Waals surface area contributed by atoms with E-state index in [2.05, 4.69) is 4.98 Å². The Morgan fingerprint density at radius 3 is 2.46 bits per heavy atom. The van der Waals surface area contributed by atoms with E-state index in [1.165, 1.54) is 4.90 Å². The average molecular weight is 486 g/mol. The zero-order valence-electron chi connectivity index (χ0n) is 19.0. The number of H-pyrrole nitrogens is 1. The number of hydrogen-bond acceptors (Lipinski definition) is 3. The first-order chi connectivity index (χ1) is 17.0. The lowest BCUT2D eigenvalue weighted by Crippen LogP contribution is -2.47. The number of benzene rings is 3. The van der Waals surface area contributed by atoms with Crippen LogP contribution >= 0.6 is 11.6 Å². The number of carbonyl (C=O) groups is 3. The van der Waals surface area contributed by atoms with Gasteiger partial charge >= 0.3 is 0 Å². The molecule has 1 N–H and O–H groups in total. The molecule has 3 aromatic carbocycles. The predicted octanol–water partition coefficient (Wildman–Crippen LogP) is 4.77. The van der Waals surface area contributed by atoms with Gasteiger partial charge in [-0.2, -0.15) is 0 Å². The molecule has 1 aromatic heterocycles. The summed E-state index contributed by atoms with van der Waals surface area (Å²) >= 11 is 5.99. The van der Waals surface area contributed by atoms with Crippen molar-refractivity contribution in [2.45, 2.75) is 25.3 Å². The fourth-order valence-electron chi connectivity index (χ4n) is 4.62. The SMILES string of the molecule is O=C1CC(N(CCc2c[nH]c3ccccc23)C(=O)Cc2ccc(Cl)cc2)C(=O)N1c1ccccc1. The quantitative estimate of drug-likeness (QED) is 0.383. The molecule has 5 rings (SSSR count). The molecule has 176 valence electrons. The highest BCUT2D eigenvalue weighted by molar-refractivity contribution is 6.30. The number of hydrogen-bond donors (Lipinski definition) is 1. The maximum absolute atomic E-state index is 13.5. The molecular weight excluding hydrogens is 462 g/mol. The Kier molecular flexibility index (Phi) is 6.38. The molecule has 1 saturated heterocycles. The summed E-state index contributed by atoms with van der Waals surface area (Å²) in [6.45, 7) is 0.320. The van der Waals surface area contributed by atoms with Crippen molar-refractivity contribution in [2.24, 2.45) is 0 Å². The second-order valence-corrected chi connectivity index (χ2v) is 9.06. The van der Waals surface area contributed by atoms with Crippen molar-refractivity contribution in [1.29, 1.82) is 0 Å². The minimum atomic E-state index is -0.840. The standard InChI is InChI=1S/C28H24ClN3O3/c29-21-12-10-19(11-13-21)16-26(33)31(15-14-20-18-30-24-9-5-4-8-23(20)24)25-17-27(34)32(28(25)35)22-6-2-1-3-7-22/h1-13,18,25,30H,14-17H2. The molecule has 1 atom stereocenters. The van der Waals surface area contributed by atoms with Gasteiger partial charge in [-0.05, 0) is 47.9 Å². The highest BCUT2D eigenvalue weighted by atomic mass is 35.5. The van der Waals surface area contributed by atoms with E-state index >= 15 is 0 Å². The molecule has 1 unspecified atom stereocenters. The number of fused-ring (bicyclic) bond motifs is 1. The van der Waals surface area contributed by atoms with Crippen LogP contribution in [0.3, 0.4) is 0 Å². The molecule has 1 aliphatic rings. The summed E-state index contributed by atoms with van der Waals surface area (Å²) in [6, 6.07) is 23.0. The highest BCUT2D eigenvalue weighted by Crippen LogP contribution is 2.27. The Morgan fingerprint density at radius 2 is 1.69 bits per heavy atom. The summed E-state index contributed by atoms with van der Waals surface area (Å²) in [6.07, 6.45) is 2.58. The van der Waals surface area contributed by atoms with E-state index in [-0.39, 0.29) is 30.6 Å². The summed E-state index contributed by atoms with van der Waals surface area (Å²) in [5.41, 5.74) is 3.39. The number of aromatic nitrogens is 1. The molecule has 0 radical (unpaired) electrons. The fraction of sp³-hybridized carbons (Fsp3) is 0.179. The van der Waals surface area contributed by atoms with Gasteiger partial charge in [-0.3, -0.25) is 14.4 Å². The Morgan fingerprint density at radius 1 is 0.971 bits per heavy atom. The van der Waals surface area contributed by atoms with Crippen molar-refractivity contribution in [3.05, 3.63) is 101 Å². The Balaban J connectivity index is 1.42. The van der Waals surface area contributed by atoms with Gasteiger partial charge in [-0.1, -0.05) is 60.1 Å². The van der Waals surface area contributed by atoms with Crippen LogP contribution in [0.25, 0.3) is 10.9 Å². The van der Waals surface area contributed by atoms with Gasteiger partial charge in [0.05, 0.1) is 18.5 Å². The molecule has 1 aliphatic heterocycles. The second kappa shape index (κ2) is 9.76. The van der Waals surface area contributed by atoms with Crippen LogP contribution in [0.5, 0.6) is 0 Å². The monoisotopic (exact) mass is 485 g/mol. The third-order valence-electron chi connectivity index (χ3n) is 6.40. The molecule has 2 heterocycles. The molecule has 0 bridgehead atoms. The number of amides is 3. The van der Waals surface area contributed by atoms with E-state index in [0.717, 1.165) is 22.0 Å². The summed E-state index contributed by atoms with van der Waals surface area (Å²) in [4.78, 5) is 45.8. The second-order valence-electron chi connectivity index (χ2n) is 8.62. The summed E-state index contributed by atoms with van der Waals surface area (Å²) < 4.78 is 0. The number of nitrogens with one attached hydrogen (secondary N) is 1. The molecule has 35 heavy (non-hydrogen) atoms. The maximum Gasteiger partial charge on any atom is 0.257 e. The molecular formula is C28H24ClN3O3. The highest BCUT2D eigenvalue weighted by Gasteiger charge is 2.44. The van der Waals surface area contributed by atoms with E-state index in [1.807, 2.05) is 36.5 Å². The summed E-state index contributed by atoms with van der Waals surface area (Å²) in [7, 11) is 0. The van der Waals surface area contributed by atoms with Gasteiger partial charge in [0.25, 0.3) is 5.91 Å². The number of aromatic amines is 1. The number of carbonyl (C=O) groups excluding carboxylic acids is 3. The minimum absolute atomic E-state index is 0.0338. The predicted molar refractivity (Wildman–Crippen MR) is 136 cm³/mol. The van der Waals surface area contributed by atoms with E-state index in [0.29, 0.717) is 23.7 Å². The Labute approximate surface area is 208 Å². The number of rotatable bonds is 7. The van der Waals surface area contributed by atoms with E-state index < -0.39 is 6.04 Å². The van der Waals surface area contributed by atoms with Crippen LogP contribution in [0.2, 0.25) is 5.02 Å². The van der Waals surface area contributed by atoms with Crippen LogP contribution < -0.4 is 4.90 Å². The third kappa shape index (κ3) is 4.70. The Bertz CT molecular complexity index is 1380. The first kappa shape index (κ1) is 22.9. The smallest absolute Gasteiger partial charge is 0.257 e. The lowest BCUT2D eigenvalue weighted by Gasteiger charge is -2.28. The van der Waals surface area contributed by atoms with Crippen LogP contribution in [-0.4, -0.2) is 40.2 Å². The number of imide groups is 1. The van der Waals surface area contributed by atoms with E-state index in [9.17, 15) is 14.4 Å². The van der Waals surface area contributed by atoms with Crippen molar-refractivity contribution in [3.63, 3.8) is 0 Å². The number of nitrogens with zero attached hydrogens (tertiary/aromatic N) is 2. The van der Waals surface area contributed by atoms with Gasteiger partial charge in [0.15, 0.2) is 0 Å². The molecule has 1 fully saturated rings. The molecule has 3 amide bonds. The minimum Gasteiger partial charge on any atom is -0.361 e. The number of halogens is 1. The average Bonchev–Trinajstić information content (AvgIpc) is 3.41. The first-order valence-corrected chi connectivity index (χ1v) is 11.9. The van der Waals surface area contributed by atoms with Crippen LogP contribution in [0, 0.1) is 0 Å². The molecule has 0 saturated carbocycles. The van der Waals surface area contributed by atoms with Gasteiger partial charge in [0.2, 0.25) is 11.8 Å². The lowest BCUT2D eigenvalue weighted by atomic mass is 10.1. The fourth-order valence-corrected chi connectivity index (χ4v) is 4.75. The normalized spacial score (nSPS) is 15.7. The summed E-state index contributed by atoms with van der Waals surface area (Å²) in [5, 5.41) is 1.67. The van der Waals surface area contributed by atoms with Crippen molar-refractivity contribution in [3.8, 4) is 0 Å². The molecule has 0 aliphatic carbocycles. The largest absolute Gasteiger partial charge is 0.361 e. The van der Waals surface area contributed by atoms with Gasteiger partial charge in [-0.25, -0.2) is 4.90 Å². The van der Waals surface area contributed by atoms with Gasteiger partial charge < -0.3 is 9.88 Å². The zero-order valence-corrected chi connectivity index (χ0v) is 19.7. The van der Waals surface area contributed by atoms with Crippen molar-refractivity contribution in [1.82, 2.24) is 9.88 Å². The topological polar surface area (TPSA) is 73.5 Å². The van der Waals surface area contributed by atoms with Crippen LogP contribution in [0.15, 0.2) is 85.1 Å². The number of para-hydroxylation sites is 2. The van der Waals surface area contributed by atoms with Gasteiger partial charge in [0, 0.05) is 28.7 Å². The van der Waals surface area contributed by atoms with Crippen molar-refractivity contribution in [2.75, 3.05) is 11.4 Å². The third-order valence-corrected chi connectivity index (χ3v) is 6.65. The molecule has 4 aromatic rings. The van der Waals surface area contributed by atoms with Crippen LogP contribution in [0.1, 0.15) is 17.5 Å². The maximum atomic E-state index is 13.5. The molecule has 7 heteroatoms. The van der Waals surface area contributed by atoms with Gasteiger partial charge in [-0.15, -0.1) is 0 Å². The van der Waals surface area contributed by atoms with Gasteiger partial charge in [0.1, 0.15) is 6.04 Å². The summed E-state index contributed by atoms with van der Waals surface area (Å²) in [5.74, 6) is -0.875. The van der Waals surface area contributed by atoms with Crippen molar-refractivity contribution < 1.29 is 14.4 Å². The van der Waals surface area contributed by atoms with Crippen LogP contribution in [-0.2, 0) is 27.2 Å². The van der Waals surface area contributed by atoms with E-state index in [1.54, 1.807) is 53.4 Å². The van der Waals surface area contributed by atoms with Crippen LogP contribution in [0.4, 0.5) is 5.69 Å². The zero-order chi connectivity index (χ0) is 24.4. The molecule has 0 spiro atoms. The van der Waals surface area contributed by atoms with Crippen molar-refractivity contribution >= 4 is 45.9 Å². The lowest BCUT2D eigenvalue weighted by molar-refractivity contribution is -0.137. The van der Waals surface area contributed by atoms with E-state index in [4.69, 9.17) is 11.6 Å². The molecule has 6 nitrogen and oxygen atoms in total. The number of anilines is 1.